The first-order valence-electron chi connectivity index (χ1n) is 13.2. The van der Waals surface area contributed by atoms with Crippen LogP contribution in [0.2, 0.25) is 4.34 Å². The maximum absolute atomic E-state index is 12.9. The number of fused-ring (bicyclic) bond motifs is 1. The van der Waals surface area contributed by atoms with Crippen molar-refractivity contribution < 1.29 is 26.4 Å². The lowest BCUT2D eigenvalue weighted by Gasteiger charge is -2.25. The van der Waals surface area contributed by atoms with Crippen molar-refractivity contribution in [3.05, 3.63) is 87.3 Å². The van der Waals surface area contributed by atoms with Gasteiger partial charge in [0, 0.05) is 11.8 Å². The molecule has 2 aromatic carbocycles. The zero-order valence-corrected chi connectivity index (χ0v) is 24.4. The van der Waals surface area contributed by atoms with E-state index in [4.69, 9.17) is 11.6 Å². The number of rotatable bonds is 9. The van der Waals surface area contributed by atoms with E-state index in [0.717, 1.165) is 61.1 Å². The highest BCUT2D eigenvalue weighted by molar-refractivity contribution is 7.93. The molecule has 0 saturated carbocycles. The maximum atomic E-state index is 12.9. The number of halogens is 4. The molecule has 4 nitrogen and oxygen atoms in total. The number of carbonyl (C=O) groups is 1. The van der Waals surface area contributed by atoms with Crippen LogP contribution in [0.3, 0.4) is 0 Å². The van der Waals surface area contributed by atoms with E-state index in [1.165, 1.54) is 29.8 Å². The van der Waals surface area contributed by atoms with Crippen LogP contribution in [0.25, 0.3) is 6.08 Å². The second-order valence-corrected chi connectivity index (χ2v) is 14.2. The van der Waals surface area contributed by atoms with Gasteiger partial charge in [0.05, 0.1) is 15.7 Å². The number of aryl methyl sites for hydroxylation is 1. The molecule has 1 heterocycles. The van der Waals surface area contributed by atoms with Crippen molar-refractivity contribution in [1.82, 2.24) is 0 Å². The van der Waals surface area contributed by atoms with Gasteiger partial charge in [-0.1, -0.05) is 49.6 Å². The number of thiophene rings is 1. The van der Waals surface area contributed by atoms with Gasteiger partial charge in [0.25, 0.3) is 0 Å². The van der Waals surface area contributed by atoms with Crippen molar-refractivity contribution in [2.75, 3.05) is 11.1 Å². The highest BCUT2D eigenvalue weighted by atomic mass is 35.5. The van der Waals surface area contributed by atoms with Gasteiger partial charge in [-0.2, -0.15) is 13.2 Å². The summed E-state index contributed by atoms with van der Waals surface area (Å²) < 4.78 is 64.7. The van der Waals surface area contributed by atoms with E-state index < -0.39 is 21.6 Å². The molecule has 0 radical (unpaired) electrons. The number of anilines is 1. The molecule has 2 atom stereocenters. The molecule has 40 heavy (non-hydrogen) atoms. The highest BCUT2D eigenvalue weighted by Gasteiger charge is 2.30. The van der Waals surface area contributed by atoms with Crippen molar-refractivity contribution in [3.8, 4) is 0 Å². The summed E-state index contributed by atoms with van der Waals surface area (Å²) in [6, 6.07) is 13.6. The predicted molar refractivity (Wildman–Crippen MR) is 155 cm³/mol. The first-order valence-corrected chi connectivity index (χ1v) is 16.1. The van der Waals surface area contributed by atoms with Crippen LogP contribution in [0.5, 0.6) is 0 Å². The highest BCUT2D eigenvalue weighted by Crippen LogP contribution is 2.36. The molecular formula is C30H31ClF3NO3S2. The van der Waals surface area contributed by atoms with Crippen LogP contribution in [0.15, 0.2) is 64.9 Å². The van der Waals surface area contributed by atoms with Gasteiger partial charge >= 0.3 is 6.18 Å². The summed E-state index contributed by atoms with van der Waals surface area (Å²) in [5.41, 5.74) is 2.75. The number of hydrogen-bond acceptors (Lipinski definition) is 4. The Morgan fingerprint density at radius 1 is 1.05 bits per heavy atom. The minimum absolute atomic E-state index is 0.0949. The van der Waals surface area contributed by atoms with E-state index >= 15 is 0 Å². The van der Waals surface area contributed by atoms with Gasteiger partial charge in [-0.15, -0.1) is 11.3 Å². The zero-order valence-electron chi connectivity index (χ0n) is 22.0. The van der Waals surface area contributed by atoms with Crippen molar-refractivity contribution >= 4 is 50.4 Å². The van der Waals surface area contributed by atoms with E-state index in [1.54, 1.807) is 12.1 Å². The van der Waals surface area contributed by atoms with Gasteiger partial charge in [-0.3, -0.25) is 4.79 Å². The molecule has 0 fully saturated rings. The summed E-state index contributed by atoms with van der Waals surface area (Å²) in [7, 11) is -3.38. The van der Waals surface area contributed by atoms with Crippen LogP contribution in [0, 0.1) is 11.8 Å². The molecule has 1 aliphatic rings. The summed E-state index contributed by atoms with van der Waals surface area (Å²) in [6.45, 7) is 2.14. The Hall–Kier alpha value is -2.62. The molecule has 0 spiro atoms. The molecule has 0 saturated heterocycles. The summed E-state index contributed by atoms with van der Waals surface area (Å²) in [5.74, 6) is 0.356. The van der Waals surface area contributed by atoms with Crippen LogP contribution < -0.4 is 5.32 Å². The molecule has 1 N–H and O–H groups in total. The Morgan fingerprint density at radius 2 is 1.80 bits per heavy atom. The number of nitrogens with one attached hydrogen (secondary N) is 1. The normalized spacial score (nSPS) is 17.9. The second-order valence-electron chi connectivity index (χ2n) is 10.1. The predicted octanol–water partition coefficient (Wildman–Crippen LogP) is 8.46. The minimum atomic E-state index is -4.40. The number of benzene rings is 2. The maximum Gasteiger partial charge on any atom is 0.416 e. The fourth-order valence-corrected chi connectivity index (χ4v) is 8.29. The monoisotopic (exact) mass is 609 g/mol. The van der Waals surface area contributed by atoms with E-state index in [9.17, 15) is 26.4 Å². The van der Waals surface area contributed by atoms with E-state index in [-0.39, 0.29) is 17.6 Å². The molecule has 0 aliphatic heterocycles. The molecule has 1 amide bonds. The molecule has 0 bridgehead atoms. The number of carbonyl (C=O) groups excluding carboxylic acids is 1. The average molecular weight is 610 g/mol. The smallest absolute Gasteiger partial charge is 0.323 e. The van der Waals surface area contributed by atoms with Crippen LogP contribution in [-0.4, -0.2) is 20.1 Å². The van der Waals surface area contributed by atoms with Gasteiger partial charge in [-0.25, -0.2) is 8.42 Å². The molecule has 1 aromatic heterocycles. The van der Waals surface area contributed by atoms with Crippen molar-refractivity contribution in [2.45, 2.75) is 55.8 Å². The van der Waals surface area contributed by atoms with Crippen molar-refractivity contribution in [1.29, 1.82) is 0 Å². The number of alkyl halides is 3. The zero-order chi connectivity index (χ0) is 28.9. The molecule has 3 aromatic rings. The largest absolute Gasteiger partial charge is 0.416 e. The third-order valence-corrected chi connectivity index (χ3v) is 10.9. The van der Waals surface area contributed by atoms with Crippen LogP contribution in [0.4, 0.5) is 18.9 Å². The molecule has 10 heteroatoms. The Balaban J connectivity index is 1.40. The Labute approximate surface area is 242 Å². The standard InChI is InChI=1S/C30H31ClF3NO3S2/c1-2-3-22-18-23-9-12-26(35-28(36)14-6-20-4-10-25(11-5-20)30(32,33)34)19-24(23)8-7-21(22)16-17-40(37,38)29-15-13-27(31)39-29/h4-6,9-15,19,21-22H,2-3,7-8,16-18H2,1H3,(H,35,36). The van der Waals surface area contributed by atoms with Crippen LogP contribution in [0.1, 0.15) is 54.9 Å². The first kappa shape index (κ1) is 30.3. The molecule has 4 rings (SSSR count). The fraction of sp³-hybridized carbons (Fsp3) is 0.367. The third-order valence-electron chi connectivity index (χ3n) is 7.34. The second kappa shape index (κ2) is 12.9. The Bertz CT molecular complexity index is 1460. The summed E-state index contributed by atoms with van der Waals surface area (Å²) in [4.78, 5) is 12.5. The van der Waals surface area contributed by atoms with Gasteiger partial charge in [-0.05, 0) is 96.7 Å². The average Bonchev–Trinajstić information content (AvgIpc) is 3.28. The van der Waals surface area contributed by atoms with Gasteiger partial charge in [0.1, 0.15) is 4.21 Å². The quantitative estimate of drug-likeness (QED) is 0.195. The van der Waals surface area contributed by atoms with Gasteiger partial charge in [0.2, 0.25) is 5.91 Å². The summed E-state index contributed by atoms with van der Waals surface area (Å²) in [6.07, 6.45) is 3.50. The van der Waals surface area contributed by atoms with Gasteiger partial charge in [0.15, 0.2) is 9.84 Å². The molecular weight excluding hydrogens is 579 g/mol. The lowest BCUT2D eigenvalue weighted by Crippen LogP contribution is -2.20. The third kappa shape index (κ3) is 7.98. The summed E-state index contributed by atoms with van der Waals surface area (Å²) in [5, 5.41) is 2.84. The SMILES string of the molecule is CCCC1Cc2ccc(NC(=O)C=Cc3ccc(C(F)(F)F)cc3)cc2CCC1CCS(=O)(=O)c1ccc(Cl)s1. The lowest BCUT2D eigenvalue weighted by molar-refractivity contribution is -0.137. The molecule has 214 valence electrons. The molecule has 1 aliphatic carbocycles. The number of sulfone groups is 1. The Kier molecular flexibility index (Phi) is 9.80. The van der Waals surface area contributed by atoms with Gasteiger partial charge < -0.3 is 5.32 Å². The van der Waals surface area contributed by atoms with Crippen LogP contribution >= 0.6 is 22.9 Å². The van der Waals surface area contributed by atoms with E-state index in [1.807, 2.05) is 18.2 Å². The van der Waals surface area contributed by atoms with Crippen molar-refractivity contribution in [3.63, 3.8) is 0 Å². The van der Waals surface area contributed by atoms with E-state index in [0.29, 0.717) is 32.1 Å². The Morgan fingerprint density at radius 3 is 2.45 bits per heavy atom. The van der Waals surface area contributed by atoms with Crippen molar-refractivity contribution in [2.24, 2.45) is 11.8 Å². The van der Waals surface area contributed by atoms with Crippen LogP contribution in [-0.2, 0) is 33.6 Å². The summed E-state index contributed by atoms with van der Waals surface area (Å²) >= 11 is 7.04. The minimum Gasteiger partial charge on any atom is -0.323 e. The topological polar surface area (TPSA) is 63.2 Å². The fourth-order valence-electron chi connectivity index (χ4n) is 5.26. The first-order chi connectivity index (χ1) is 18.9. The van der Waals surface area contributed by atoms with E-state index in [2.05, 4.69) is 12.2 Å². The number of hydrogen-bond donors (Lipinski definition) is 1. The molecule has 2 unspecified atom stereocenters. The number of amides is 1. The lowest BCUT2D eigenvalue weighted by atomic mass is 9.82.